The Labute approximate surface area is 125 Å². The molecule has 4 N–H and O–H groups in total. The van der Waals surface area contributed by atoms with Crippen LogP contribution in [0.15, 0.2) is 0 Å². The van der Waals surface area contributed by atoms with Crippen LogP contribution >= 0.6 is 12.4 Å². The third-order valence-electron chi connectivity index (χ3n) is 4.28. The van der Waals surface area contributed by atoms with E-state index in [1.165, 1.54) is 0 Å². The first-order valence-corrected chi connectivity index (χ1v) is 6.98. The Morgan fingerprint density at radius 1 is 1.40 bits per heavy atom. The van der Waals surface area contributed by atoms with Crippen LogP contribution in [0.5, 0.6) is 0 Å². The molecule has 0 aromatic carbocycles. The van der Waals surface area contributed by atoms with Crippen LogP contribution in [-0.2, 0) is 14.3 Å². The third-order valence-corrected chi connectivity index (χ3v) is 4.28. The van der Waals surface area contributed by atoms with Crippen molar-refractivity contribution < 1.29 is 14.3 Å². The van der Waals surface area contributed by atoms with Crippen LogP contribution < -0.4 is 16.4 Å². The molecule has 2 fully saturated rings. The maximum Gasteiger partial charge on any atom is 0.239 e. The van der Waals surface area contributed by atoms with Crippen molar-refractivity contribution in [3.63, 3.8) is 0 Å². The van der Waals surface area contributed by atoms with Gasteiger partial charge < -0.3 is 21.1 Å². The number of halogens is 1. The predicted molar refractivity (Wildman–Crippen MR) is 77.6 cm³/mol. The zero-order valence-electron chi connectivity index (χ0n) is 11.8. The van der Waals surface area contributed by atoms with E-state index in [4.69, 9.17) is 10.5 Å². The molecule has 7 heteroatoms. The first kappa shape index (κ1) is 17.2. The Hall–Kier alpha value is -0.850. The highest BCUT2D eigenvalue weighted by Gasteiger charge is 2.40. The quantitative estimate of drug-likeness (QED) is 0.679. The maximum absolute atomic E-state index is 12.1. The zero-order chi connectivity index (χ0) is 13.9. The van der Waals surface area contributed by atoms with E-state index < -0.39 is 5.41 Å². The van der Waals surface area contributed by atoms with Gasteiger partial charge in [0.05, 0.1) is 18.1 Å². The lowest BCUT2D eigenvalue weighted by Gasteiger charge is -2.31. The average molecular weight is 306 g/mol. The Bertz CT molecular complexity index is 359. The summed E-state index contributed by atoms with van der Waals surface area (Å²) >= 11 is 0. The molecule has 0 spiro atoms. The molecule has 0 unspecified atom stereocenters. The summed E-state index contributed by atoms with van der Waals surface area (Å²) in [4.78, 5) is 23.7. The Morgan fingerprint density at radius 3 is 2.60 bits per heavy atom. The van der Waals surface area contributed by atoms with Crippen LogP contribution in [0.3, 0.4) is 0 Å². The number of rotatable bonds is 4. The second kappa shape index (κ2) is 7.24. The number of morpholine rings is 1. The van der Waals surface area contributed by atoms with Crippen LogP contribution in [0.2, 0.25) is 0 Å². The van der Waals surface area contributed by atoms with Crippen LogP contribution in [0, 0.1) is 5.41 Å². The van der Waals surface area contributed by atoms with Crippen molar-refractivity contribution in [2.24, 2.45) is 11.1 Å². The molecule has 0 radical (unpaired) electrons. The van der Waals surface area contributed by atoms with E-state index >= 15 is 0 Å². The molecule has 6 nitrogen and oxygen atoms in total. The lowest BCUT2D eigenvalue weighted by molar-refractivity contribution is -0.131. The van der Waals surface area contributed by atoms with Gasteiger partial charge in [0.2, 0.25) is 11.8 Å². The molecule has 2 rings (SSSR count). The molecule has 2 atom stereocenters. The molecule has 1 aliphatic carbocycles. The molecule has 1 aliphatic heterocycles. The second-order valence-electron chi connectivity index (χ2n) is 5.58. The number of carbonyl (C=O) groups is 2. The molecule has 0 bridgehead atoms. The fourth-order valence-electron chi connectivity index (χ4n) is 2.96. The van der Waals surface area contributed by atoms with Gasteiger partial charge in [-0.05, 0) is 19.8 Å². The zero-order valence-corrected chi connectivity index (χ0v) is 12.6. The highest BCUT2D eigenvalue weighted by Crippen LogP contribution is 2.37. The topological polar surface area (TPSA) is 93.4 Å². The van der Waals surface area contributed by atoms with Crippen LogP contribution in [0.1, 0.15) is 32.6 Å². The van der Waals surface area contributed by atoms with Crippen LogP contribution in [0.25, 0.3) is 0 Å². The Balaban J connectivity index is 0.00000200. The molecule has 0 aromatic rings. The summed E-state index contributed by atoms with van der Waals surface area (Å²) in [6, 6.07) is -0.347. The van der Waals surface area contributed by atoms with Gasteiger partial charge in [0.1, 0.15) is 6.04 Å². The number of primary amides is 1. The minimum Gasteiger partial charge on any atom is -0.375 e. The van der Waals surface area contributed by atoms with Gasteiger partial charge in [0, 0.05) is 13.1 Å². The molecular weight excluding hydrogens is 282 g/mol. The molecule has 1 saturated heterocycles. The van der Waals surface area contributed by atoms with E-state index in [0.29, 0.717) is 19.7 Å². The van der Waals surface area contributed by atoms with Gasteiger partial charge >= 0.3 is 0 Å². The minimum absolute atomic E-state index is 0. The summed E-state index contributed by atoms with van der Waals surface area (Å²) in [6.07, 6.45) is 3.39. The predicted octanol–water partition coefficient (Wildman–Crippen LogP) is -0.0530. The van der Waals surface area contributed by atoms with Crippen molar-refractivity contribution in [3.8, 4) is 0 Å². The van der Waals surface area contributed by atoms with E-state index in [9.17, 15) is 9.59 Å². The van der Waals surface area contributed by atoms with Gasteiger partial charge in [-0.1, -0.05) is 12.8 Å². The van der Waals surface area contributed by atoms with Gasteiger partial charge in [-0.15, -0.1) is 12.4 Å². The number of hydrogen-bond donors (Lipinski definition) is 3. The van der Waals surface area contributed by atoms with E-state index in [0.717, 1.165) is 25.7 Å². The highest BCUT2D eigenvalue weighted by atomic mass is 35.5. The largest absolute Gasteiger partial charge is 0.375 e. The minimum atomic E-state index is -0.547. The van der Waals surface area contributed by atoms with Gasteiger partial charge in [-0.3, -0.25) is 9.59 Å². The van der Waals surface area contributed by atoms with Gasteiger partial charge in [-0.25, -0.2) is 0 Å². The van der Waals surface area contributed by atoms with Crippen molar-refractivity contribution in [1.82, 2.24) is 10.6 Å². The van der Waals surface area contributed by atoms with Crippen molar-refractivity contribution in [1.29, 1.82) is 0 Å². The van der Waals surface area contributed by atoms with E-state index in [-0.39, 0.29) is 36.4 Å². The monoisotopic (exact) mass is 305 g/mol. The average Bonchev–Trinajstić information content (AvgIpc) is 2.86. The lowest BCUT2D eigenvalue weighted by atomic mass is 9.85. The van der Waals surface area contributed by atoms with Gasteiger partial charge in [-0.2, -0.15) is 0 Å². The molecular formula is C13H24ClN3O3. The second-order valence-corrected chi connectivity index (χ2v) is 5.58. The number of hydrogen-bond acceptors (Lipinski definition) is 4. The number of carbonyl (C=O) groups excluding carboxylic acids is 2. The molecule has 0 aromatic heterocycles. The molecule has 2 aliphatic rings. The first-order valence-electron chi connectivity index (χ1n) is 6.98. The summed E-state index contributed by atoms with van der Waals surface area (Å²) < 4.78 is 5.44. The summed E-state index contributed by atoms with van der Waals surface area (Å²) in [6.45, 7) is 3.50. The van der Waals surface area contributed by atoms with E-state index in [2.05, 4.69) is 10.6 Å². The molecule has 20 heavy (non-hydrogen) atoms. The van der Waals surface area contributed by atoms with Crippen molar-refractivity contribution >= 4 is 24.2 Å². The summed E-state index contributed by atoms with van der Waals surface area (Å²) in [7, 11) is 0. The Kier molecular flexibility index (Phi) is 6.23. The van der Waals surface area contributed by atoms with Crippen molar-refractivity contribution in [3.05, 3.63) is 0 Å². The normalized spacial score (nSPS) is 28.4. The smallest absolute Gasteiger partial charge is 0.239 e. The summed E-state index contributed by atoms with van der Waals surface area (Å²) in [5.74, 6) is -0.411. The molecule has 1 saturated carbocycles. The van der Waals surface area contributed by atoms with Crippen LogP contribution in [-0.4, -0.2) is 43.7 Å². The Morgan fingerprint density at radius 2 is 2.05 bits per heavy atom. The fourth-order valence-corrected chi connectivity index (χ4v) is 2.96. The molecule has 1 heterocycles. The van der Waals surface area contributed by atoms with Gasteiger partial charge in [0.25, 0.3) is 0 Å². The number of nitrogens with two attached hydrogens (primary N) is 1. The summed E-state index contributed by atoms with van der Waals surface area (Å²) in [5, 5.41) is 6.00. The standard InChI is InChI=1S/C13H23N3O3.ClH/c1-9-10(15-6-7-19-9)11(17)16-8-13(12(14)18)4-2-3-5-13;/h9-10,15H,2-8H2,1H3,(H2,14,18)(H,16,17);1H/t9-,10+;/m1./s1. The summed E-state index contributed by atoms with van der Waals surface area (Å²) in [5.41, 5.74) is 4.95. The maximum atomic E-state index is 12.1. The lowest BCUT2D eigenvalue weighted by Crippen LogP contribution is -2.57. The highest BCUT2D eigenvalue weighted by molar-refractivity contribution is 5.85. The van der Waals surface area contributed by atoms with Crippen molar-refractivity contribution in [2.75, 3.05) is 19.7 Å². The van der Waals surface area contributed by atoms with Crippen LogP contribution in [0.4, 0.5) is 0 Å². The van der Waals surface area contributed by atoms with Gasteiger partial charge in [0.15, 0.2) is 0 Å². The molecule has 116 valence electrons. The first-order chi connectivity index (χ1) is 9.05. The number of nitrogens with one attached hydrogen (secondary N) is 2. The number of ether oxygens (including phenoxy) is 1. The fraction of sp³-hybridized carbons (Fsp3) is 0.846. The third kappa shape index (κ3) is 3.62. The SMILES string of the molecule is C[C@H]1OCCN[C@@H]1C(=O)NCC1(C(N)=O)CCCC1.Cl. The molecule has 2 amide bonds. The number of amides is 2. The van der Waals surface area contributed by atoms with E-state index in [1.54, 1.807) is 0 Å². The van der Waals surface area contributed by atoms with Crippen molar-refractivity contribution in [2.45, 2.75) is 44.8 Å². The van der Waals surface area contributed by atoms with E-state index in [1.807, 2.05) is 6.92 Å².